The van der Waals surface area contributed by atoms with Gasteiger partial charge in [0.15, 0.2) is 0 Å². The van der Waals surface area contributed by atoms with Crippen molar-refractivity contribution in [3.05, 3.63) is 5.82 Å². The third kappa shape index (κ3) is 2.98. The molecule has 2 N–H and O–H groups in total. The van der Waals surface area contributed by atoms with Gasteiger partial charge in [-0.2, -0.15) is 5.21 Å². The molecule has 1 aliphatic heterocycles. The second-order valence-corrected chi connectivity index (χ2v) is 3.95. The van der Waals surface area contributed by atoms with Crippen LogP contribution >= 0.6 is 0 Å². The molecule has 1 fully saturated rings. The van der Waals surface area contributed by atoms with Crippen LogP contribution in [0.2, 0.25) is 0 Å². The van der Waals surface area contributed by atoms with E-state index >= 15 is 0 Å². The number of β-amino-alcohol motifs (C(OH)–C–C–N with tert-alkyl or cyclic N) is 1. The summed E-state index contributed by atoms with van der Waals surface area (Å²) in [6.45, 7) is 3.80. The lowest BCUT2D eigenvalue weighted by atomic mass is 10.3. The first-order valence-corrected chi connectivity index (χ1v) is 5.67. The molecule has 1 saturated heterocycles. The van der Waals surface area contributed by atoms with E-state index in [1.807, 2.05) is 0 Å². The Bertz CT molecular complexity index is 354. The van der Waals surface area contributed by atoms with Crippen molar-refractivity contribution in [1.29, 1.82) is 0 Å². The van der Waals surface area contributed by atoms with Crippen LogP contribution in [0.5, 0.6) is 0 Å². The zero-order valence-electron chi connectivity index (χ0n) is 9.54. The number of aromatic nitrogens is 4. The number of hydrogen-bond acceptors (Lipinski definition) is 6. The number of carbonyl (C=O) groups is 1. The molecular weight excluding hydrogens is 224 g/mol. The highest BCUT2D eigenvalue weighted by Gasteiger charge is 2.22. The van der Waals surface area contributed by atoms with Gasteiger partial charge in [-0.1, -0.05) is 0 Å². The standard InChI is InChI=1S/C9H16N6O2/c16-7-6-14-2-1-3-15(5-4-14)9(17)8-10-12-13-11-8/h16H,1-7H2,(H,10,11,12,13). The first-order chi connectivity index (χ1) is 8.31. The quantitative estimate of drug-likeness (QED) is 0.656. The number of hydrogen-bond donors (Lipinski definition) is 2. The Labute approximate surface area is 98.6 Å². The maximum Gasteiger partial charge on any atom is 0.295 e. The first kappa shape index (κ1) is 11.9. The van der Waals surface area contributed by atoms with E-state index < -0.39 is 0 Å². The van der Waals surface area contributed by atoms with Crippen LogP contribution in [-0.2, 0) is 0 Å². The van der Waals surface area contributed by atoms with Crippen LogP contribution in [0.3, 0.4) is 0 Å². The molecule has 1 aliphatic rings. The lowest BCUT2D eigenvalue weighted by Crippen LogP contribution is -2.36. The van der Waals surface area contributed by atoms with Crippen molar-refractivity contribution in [2.45, 2.75) is 6.42 Å². The Morgan fingerprint density at radius 3 is 2.94 bits per heavy atom. The predicted molar refractivity (Wildman–Crippen MR) is 58.2 cm³/mol. The molecule has 0 aliphatic carbocycles. The number of aromatic amines is 1. The number of H-pyrrole nitrogens is 1. The van der Waals surface area contributed by atoms with Gasteiger partial charge >= 0.3 is 0 Å². The Morgan fingerprint density at radius 2 is 2.24 bits per heavy atom. The Balaban J connectivity index is 1.92. The number of carbonyl (C=O) groups excluding carboxylic acids is 1. The number of amides is 1. The second kappa shape index (κ2) is 5.69. The van der Waals surface area contributed by atoms with Crippen LogP contribution in [0.25, 0.3) is 0 Å². The number of rotatable bonds is 3. The van der Waals surface area contributed by atoms with E-state index in [1.54, 1.807) is 4.90 Å². The molecule has 0 aromatic carbocycles. The van der Waals surface area contributed by atoms with E-state index in [1.165, 1.54) is 0 Å². The van der Waals surface area contributed by atoms with Gasteiger partial charge in [0.1, 0.15) is 0 Å². The maximum absolute atomic E-state index is 12.0. The summed E-state index contributed by atoms with van der Waals surface area (Å²) in [5, 5.41) is 21.9. The van der Waals surface area contributed by atoms with E-state index in [2.05, 4.69) is 25.5 Å². The first-order valence-electron chi connectivity index (χ1n) is 5.67. The van der Waals surface area contributed by atoms with Crippen LogP contribution in [-0.4, -0.2) is 80.8 Å². The fourth-order valence-electron chi connectivity index (χ4n) is 1.93. The lowest BCUT2D eigenvalue weighted by molar-refractivity contribution is 0.0748. The smallest absolute Gasteiger partial charge is 0.295 e. The monoisotopic (exact) mass is 240 g/mol. The van der Waals surface area contributed by atoms with Gasteiger partial charge in [0.05, 0.1) is 6.61 Å². The Kier molecular flexibility index (Phi) is 3.99. The van der Waals surface area contributed by atoms with E-state index in [4.69, 9.17) is 5.11 Å². The van der Waals surface area contributed by atoms with E-state index in [0.717, 1.165) is 19.5 Å². The second-order valence-electron chi connectivity index (χ2n) is 3.95. The van der Waals surface area contributed by atoms with Crippen LogP contribution in [0.4, 0.5) is 0 Å². The maximum atomic E-state index is 12.0. The van der Waals surface area contributed by atoms with Gasteiger partial charge in [-0.05, 0) is 18.2 Å². The van der Waals surface area contributed by atoms with E-state index in [-0.39, 0.29) is 18.3 Å². The van der Waals surface area contributed by atoms with Crippen LogP contribution < -0.4 is 0 Å². The van der Waals surface area contributed by atoms with Crippen molar-refractivity contribution in [1.82, 2.24) is 30.4 Å². The van der Waals surface area contributed by atoms with Gasteiger partial charge in [0, 0.05) is 26.2 Å². The summed E-state index contributed by atoms with van der Waals surface area (Å²) >= 11 is 0. The zero-order chi connectivity index (χ0) is 12.1. The van der Waals surface area contributed by atoms with Crippen LogP contribution in [0.1, 0.15) is 17.0 Å². The van der Waals surface area contributed by atoms with Crippen molar-refractivity contribution in [2.75, 3.05) is 39.3 Å². The molecule has 8 heteroatoms. The third-order valence-electron chi connectivity index (χ3n) is 2.83. The highest BCUT2D eigenvalue weighted by atomic mass is 16.3. The van der Waals surface area contributed by atoms with Gasteiger partial charge in [0.25, 0.3) is 11.7 Å². The fraction of sp³-hybridized carbons (Fsp3) is 0.778. The molecule has 8 nitrogen and oxygen atoms in total. The molecule has 0 saturated carbocycles. The highest BCUT2D eigenvalue weighted by molar-refractivity contribution is 5.90. The summed E-state index contributed by atoms with van der Waals surface area (Å²) < 4.78 is 0. The molecule has 2 heterocycles. The minimum atomic E-state index is -0.190. The zero-order valence-corrected chi connectivity index (χ0v) is 9.54. The normalized spacial score (nSPS) is 18.1. The number of aliphatic hydroxyl groups excluding tert-OH is 1. The average Bonchev–Trinajstić information content (AvgIpc) is 2.76. The molecule has 0 spiro atoms. The topological polar surface area (TPSA) is 98.2 Å². The molecule has 0 bridgehead atoms. The average molecular weight is 240 g/mol. The molecule has 1 aromatic heterocycles. The van der Waals surface area contributed by atoms with Crippen LogP contribution in [0, 0.1) is 0 Å². The molecule has 17 heavy (non-hydrogen) atoms. The Morgan fingerprint density at radius 1 is 1.35 bits per heavy atom. The Hall–Kier alpha value is -1.54. The molecule has 2 rings (SSSR count). The predicted octanol–water partition coefficient (Wildman–Crippen LogP) is -1.66. The number of aliphatic hydroxyl groups is 1. The van der Waals surface area contributed by atoms with Gasteiger partial charge in [-0.25, -0.2) is 0 Å². The third-order valence-corrected chi connectivity index (χ3v) is 2.83. The van der Waals surface area contributed by atoms with Gasteiger partial charge in [0.2, 0.25) is 0 Å². The van der Waals surface area contributed by atoms with Gasteiger partial charge in [-0.3, -0.25) is 9.69 Å². The lowest BCUT2D eigenvalue weighted by Gasteiger charge is -2.20. The highest BCUT2D eigenvalue weighted by Crippen LogP contribution is 2.05. The molecular formula is C9H16N6O2. The molecule has 1 amide bonds. The number of nitrogens with zero attached hydrogens (tertiary/aromatic N) is 5. The summed E-state index contributed by atoms with van der Waals surface area (Å²) in [6.07, 6.45) is 0.892. The van der Waals surface area contributed by atoms with Crippen molar-refractivity contribution in [3.63, 3.8) is 0 Å². The summed E-state index contributed by atoms with van der Waals surface area (Å²) in [7, 11) is 0. The molecule has 0 unspecified atom stereocenters. The number of tetrazole rings is 1. The minimum Gasteiger partial charge on any atom is -0.395 e. The molecule has 0 radical (unpaired) electrons. The SMILES string of the molecule is O=C(c1nn[nH]n1)N1CCCN(CCO)CC1. The summed E-state index contributed by atoms with van der Waals surface area (Å²) in [4.78, 5) is 15.8. The van der Waals surface area contributed by atoms with Crippen molar-refractivity contribution in [3.8, 4) is 0 Å². The summed E-state index contributed by atoms with van der Waals surface area (Å²) in [5.74, 6) is -0.0785. The van der Waals surface area contributed by atoms with Crippen molar-refractivity contribution >= 4 is 5.91 Å². The number of nitrogens with one attached hydrogen (secondary N) is 1. The van der Waals surface area contributed by atoms with E-state index in [9.17, 15) is 4.79 Å². The fourth-order valence-corrected chi connectivity index (χ4v) is 1.93. The largest absolute Gasteiger partial charge is 0.395 e. The van der Waals surface area contributed by atoms with Gasteiger partial charge in [-0.15, -0.1) is 10.2 Å². The molecule has 1 aromatic rings. The molecule has 94 valence electrons. The van der Waals surface area contributed by atoms with E-state index in [0.29, 0.717) is 19.6 Å². The molecule has 0 atom stereocenters. The van der Waals surface area contributed by atoms with Crippen LogP contribution in [0.15, 0.2) is 0 Å². The van der Waals surface area contributed by atoms with Crippen molar-refractivity contribution in [2.24, 2.45) is 0 Å². The van der Waals surface area contributed by atoms with Gasteiger partial charge < -0.3 is 10.0 Å². The van der Waals surface area contributed by atoms with Crippen molar-refractivity contribution < 1.29 is 9.90 Å². The summed E-state index contributed by atoms with van der Waals surface area (Å²) in [5.41, 5.74) is 0. The minimum absolute atomic E-state index is 0.112. The summed E-state index contributed by atoms with van der Waals surface area (Å²) in [6, 6.07) is 0.